The fourth-order valence-corrected chi connectivity index (χ4v) is 4.71. The van der Waals surface area contributed by atoms with Crippen LogP contribution in [0.3, 0.4) is 0 Å². The second kappa shape index (κ2) is 8.93. The Morgan fingerprint density at radius 3 is 2.25 bits per heavy atom. The van der Waals surface area contributed by atoms with Crippen LogP contribution in [0.4, 0.5) is 5.69 Å². The summed E-state index contributed by atoms with van der Waals surface area (Å²) >= 11 is 3.41. The monoisotopic (exact) mass is 470 g/mol. The minimum atomic E-state index is -3.97. The number of hydrogen-bond donors (Lipinski definition) is 1. The quantitative estimate of drug-likeness (QED) is 0.670. The Hall–Kier alpha value is -2.10. The van der Waals surface area contributed by atoms with E-state index in [1.807, 2.05) is 26.0 Å². The SMILES string of the molecule is COc1ccc(OC)c(S(=O)(=O)N(C)CC(=O)Nc2c(C)cc(Br)cc2C)c1. The zero-order valence-electron chi connectivity index (χ0n) is 16.4. The Morgan fingerprint density at radius 1 is 1.11 bits per heavy atom. The van der Waals surface area contributed by atoms with Crippen LogP contribution in [-0.4, -0.2) is 46.4 Å². The van der Waals surface area contributed by atoms with E-state index in [0.29, 0.717) is 11.4 Å². The summed E-state index contributed by atoms with van der Waals surface area (Å²) in [5.74, 6) is 0.104. The van der Waals surface area contributed by atoms with E-state index >= 15 is 0 Å². The van der Waals surface area contributed by atoms with Gasteiger partial charge in [0.1, 0.15) is 16.4 Å². The topological polar surface area (TPSA) is 84.9 Å². The van der Waals surface area contributed by atoms with Crippen molar-refractivity contribution in [3.8, 4) is 11.5 Å². The zero-order chi connectivity index (χ0) is 21.1. The van der Waals surface area contributed by atoms with Crippen molar-refractivity contribution >= 4 is 37.5 Å². The minimum absolute atomic E-state index is 0.0688. The van der Waals surface area contributed by atoms with Gasteiger partial charge in [0.2, 0.25) is 15.9 Å². The molecule has 0 saturated carbocycles. The number of ether oxygens (including phenoxy) is 2. The van der Waals surface area contributed by atoms with Crippen LogP contribution in [0.25, 0.3) is 0 Å². The summed E-state index contributed by atoms with van der Waals surface area (Å²) in [4.78, 5) is 12.4. The van der Waals surface area contributed by atoms with Crippen molar-refractivity contribution in [1.82, 2.24) is 4.31 Å². The van der Waals surface area contributed by atoms with Gasteiger partial charge in [-0.3, -0.25) is 4.79 Å². The van der Waals surface area contributed by atoms with Crippen LogP contribution in [0.1, 0.15) is 11.1 Å². The summed E-state index contributed by atoms with van der Waals surface area (Å²) in [6.07, 6.45) is 0. The Balaban J connectivity index is 2.24. The van der Waals surface area contributed by atoms with E-state index in [1.165, 1.54) is 33.4 Å². The lowest BCUT2D eigenvalue weighted by atomic mass is 10.1. The Bertz CT molecular complexity index is 969. The van der Waals surface area contributed by atoms with Gasteiger partial charge >= 0.3 is 0 Å². The number of methoxy groups -OCH3 is 2. The third kappa shape index (κ3) is 4.84. The molecule has 152 valence electrons. The average Bonchev–Trinajstić information content (AvgIpc) is 2.63. The number of halogens is 1. The summed E-state index contributed by atoms with van der Waals surface area (Å²) in [7, 11) is 0.198. The summed E-state index contributed by atoms with van der Waals surface area (Å²) < 4.78 is 38.0. The molecule has 0 aliphatic heterocycles. The van der Waals surface area contributed by atoms with E-state index in [2.05, 4.69) is 21.2 Å². The average molecular weight is 471 g/mol. The number of aryl methyl sites for hydroxylation is 2. The summed E-state index contributed by atoms with van der Waals surface area (Å²) in [6, 6.07) is 8.23. The van der Waals surface area contributed by atoms with Crippen molar-refractivity contribution < 1.29 is 22.7 Å². The molecule has 0 aliphatic rings. The molecular weight excluding hydrogens is 448 g/mol. The maximum absolute atomic E-state index is 13.0. The lowest BCUT2D eigenvalue weighted by molar-refractivity contribution is -0.116. The molecule has 0 atom stereocenters. The zero-order valence-corrected chi connectivity index (χ0v) is 18.8. The fourth-order valence-electron chi connectivity index (χ4n) is 2.73. The Labute approximate surface area is 173 Å². The van der Waals surface area contributed by atoms with Gasteiger partial charge in [0.05, 0.1) is 20.8 Å². The second-order valence-corrected chi connectivity index (χ2v) is 9.17. The van der Waals surface area contributed by atoms with Crippen LogP contribution in [0.15, 0.2) is 39.7 Å². The minimum Gasteiger partial charge on any atom is -0.497 e. The number of likely N-dealkylation sites (N-methyl/N-ethyl adjacent to an activating group) is 1. The molecule has 0 radical (unpaired) electrons. The van der Waals surface area contributed by atoms with Crippen LogP contribution < -0.4 is 14.8 Å². The highest BCUT2D eigenvalue weighted by molar-refractivity contribution is 9.10. The molecule has 0 unspecified atom stereocenters. The summed E-state index contributed by atoms with van der Waals surface area (Å²) in [5, 5.41) is 2.79. The first kappa shape index (κ1) is 22.2. The van der Waals surface area contributed by atoms with Gasteiger partial charge in [0, 0.05) is 23.3 Å². The van der Waals surface area contributed by atoms with Crippen molar-refractivity contribution in [1.29, 1.82) is 0 Å². The highest BCUT2D eigenvalue weighted by Gasteiger charge is 2.27. The molecule has 0 spiro atoms. The van der Waals surface area contributed by atoms with Gasteiger partial charge in [-0.05, 0) is 49.2 Å². The van der Waals surface area contributed by atoms with Crippen LogP contribution in [-0.2, 0) is 14.8 Å². The van der Waals surface area contributed by atoms with Crippen molar-refractivity contribution in [3.05, 3.63) is 45.9 Å². The molecule has 9 heteroatoms. The van der Waals surface area contributed by atoms with Gasteiger partial charge in [-0.25, -0.2) is 8.42 Å². The number of nitrogens with zero attached hydrogens (tertiary/aromatic N) is 1. The van der Waals surface area contributed by atoms with Crippen molar-refractivity contribution in [2.75, 3.05) is 33.1 Å². The Morgan fingerprint density at radius 2 is 1.71 bits per heavy atom. The third-order valence-corrected chi connectivity index (χ3v) is 6.47. The van der Waals surface area contributed by atoms with Gasteiger partial charge < -0.3 is 14.8 Å². The van der Waals surface area contributed by atoms with Crippen LogP contribution in [0, 0.1) is 13.8 Å². The number of anilines is 1. The first-order valence-electron chi connectivity index (χ1n) is 8.35. The lowest BCUT2D eigenvalue weighted by Crippen LogP contribution is -2.35. The predicted molar refractivity (Wildman–Crippen MR) is 112 cm³/mol. The van der Waals surface area contributed by atoms with Crippen LogP contribution in [0.2, 0.25) is 0 Å². The molecule has 0 bridgehead atoms. The van der Waals surface area contributed by atoms with Gasteiger partial charge in [-0.1, -0.05) is 15.9 Å². The molecule has 0 fully saturated rings. The first-order chi connectivity index (χ1) is 13.1. The summed E-state index contributed by atoms with van der Waals surface area (Å²) in [5.41, 5.74) is 2.42. The van der Waals surface area contributed by atoms with Crippen molar-refractivity contribution in [2.45, 2.75) is 18.7 Å². The number of carbonyl (C=O) groups is 1. The third-order valence-electron chi connectivity index (χ3n) is 4.19. The molecule has 2 aromatic rings. The molecule has 1 N–H and O–H groups in total. The van der Waals surface area contributed by atoms with Crippen LogP contribution in [0.5, 0.6) is 11.5 Å². The first-order valence-corrected chi connectivity index (χ1v) is 10.6. The number of carbonyl (C=O) groups excluding carboxylic acids is 1. The predicted octanol–water partition coefficient (Wildman–Crippen LogP) is 3.34. The number of hydrogen-bond acceptors (Lipinski definition) is 5. The highest BCUT2D eigenvalue weighted by atomic mass is 79.9. The van der Waals surface area contributed by atoms with E-state index in [9.17, 15) is 13.2 Å². The maximum atomic E-state index is 13.0. The molecule has 2 aromatic carbocycles. The largest absolute Gasteiger partial charge is 0.497 e. The van der Waals surface area contributed by atoms with Crippen molar-refractivity contribution in [3.63, 3.8) is 0 Å². The standard InChI is InChI=1S/C19H23BrN2O5S/c1-12-8-14(20)9-13(2)19(12)21-18(23)11-22(3)28(24,25)17-10-15(26-4)6-7-16(17)27-5/h6-10H,11H2,1-5H3,(H,21,23). The van der Waals surface area contributed by atoms with Crippen LogP contribution >= 0.6 is 15.9 Å². The fraction of sp³-hybridized carbons (Fsp3) is 0.316. The molecule has 2 rings (SSSR count). The van der Waals surface area contributed by atoms with E-state index < -0.39 is 15.9 Å². The smallest absolute Gasteiger partial charge is 0.247 e. The number of nitrogens with one attached hydrogen (secondary N) is 1. The van der Waals surface area contributed by atoms with Gasteiger partial charge in [0.15, 0.2) is 0 Å². The molecule has 28 heavy (non-hydrogen) atoms. The molecule has 7 nitrogen and oxygen atoms in total. The maximum Gasteiger partial charge on any atom is 0.247 e. The molecule has 1 amide bonds. The highest BCUT2D eigenvalue weighted by Crippen LogP contribution is 2.30. The number of rotatable bonds is 7. The molecule has 0 saturated heterocycles. The van der Waals surface area contributed by atoms with E-state index in [-0.39, 0.29) is 17.2 Å². The number of benzene rings is 2. The molecular formula is C19H23BrN2O5S. The number of sulfonamides is 1. The second-order valence-electron chi connectivity index (χ2n) is 6.24. The van der Waals surface area contributed by atoms with E-state index in [0.717, 1.165) is 19.9 Å². The number of amides is 1. The molecule has 0 aromatic heterocycles. The summed E-state index contributed by atoms with van der Waals surface area (Å²) in [6.45, 7) is 3.39. The Kier molecular flexibility index (Phi) is 7.08. The lowest BCUT2D eigenvalue weighted by Gasteiger charge is -2.20. The van der Waals surface area contributed by atoms with Gasteiger partial charge in [-0.15, -0.1) is 0 Å². The molecule has 0 aliphatic carbocycles. The normalized spacial score (nSPS) is 11.4. The van der Waals surface area contributed by atoms with Crippen molar-refractivity contribution in [2.24, 2.45) is 0 Å². The van der Waals surface area contributed by atoms with E-state index in [4.69, 9.17) is 9.47 Å². The van der Waals surface area contributed by atoms with Gasteiger partial charge in [-0.2, -0.15) is 4.31 Å². The van der Waals surface area contributed by atoms with Gasteiger partial charge in [0.25, 0.3) is 0 Å². The van der Waals surface area contributed by atoms with E-state index in [1.54, 1.807) is 6.07 Å². The molecule has 0 heterocycles.